The van der Waals surface area contributed by atoms with E-state index in [1.807, 2.05) is 61.5 Å². The van der Waals surface area contributed by atoms with Crippen molar-refractivity contribution in [3.8, 4) is 11.8 Å². The Morgan fingerprint density at radius 1 is 0.778 bits per heavy atom. The molecular formula is C23H17NO2S. The molecule has 0 bridgehead atoms. The van der Waals surface area contributed by atoms with E-state index in [4.69, 9.17) is 0 Å². The van der Waals surface area contributed by atoms with E-state index in [2.05, 4.69) is 11.8 Å². The highest BCUT2D eigenvalue weighted by atomic mass is 32.2. The van der Waals surface area contributed by atoms with Crippen LogP contribution in [0.5, 0.6) is 0 Å². The quantitative estimate of drug-likeness (QED) is 0.484. The van der Waals surface area contributed by atoms with Crippen molar-refractivity contribution in [1.82, 2.24) is 3.97 Å². The van der Waals surface area contributed by atoms with Gasteiger partial charge >= 0.3 is 0 Å². The lowest BCUT2D eigenvalue weighted by Gasteiger charge is -2.09. The predicted molar refractivity (Wildman–Crippen MR) is 108 cm³/mol. The normalized spacial score (nSPS) is 11.1. The highest BCUT2D eigenvalue weighted by Crippen LogP contribution is 2.25. The summed E-state index contributed by atoms with van der Waals surface area (Å²) in [6.07, 6.45) is 0. The summed E-state index contributed by atoms with van der Waals surface area (Å²) in [4.78, 5) is 0.247. The second-order valence-electron chi connectivity index (χ2n) is 6.29. The summed E-state index contributed by atoms with van der Waals surface area (Å²) in [7, 11) is -3.76. The Morgan fingerprint density at radius 2 is 1.44 bits per heavy atom. The molecule has 3 aromatic carbocycles. The van der Waals surface area contributed by atoms with E-state index < -0.39 is 10.0 Å². The van der Waals surface area contributed by atoms with Crippen LogP contribution in [0, 0.1) is 18.8 Å². The first-order valence-corrected chi connectivity index (χ1v) is 9.99. The zero-order chi connectivity index (χ0) is 18.9. The molecule has 132 valence electrons. The monoisotopic (exact) mass is 371 g/mol. The minimum absolute atomic E-state index is 0.247. The number of para-hydroxylation sites is 1. The van der Waals surface area contributed by atoms with Gasteiger partial charge in [-0.2, -0.15) is 0 Å². The molecule has 4 aromatic rings. The van der Waals surface area contributed by atoms with Crippen LogP contribution in [0.25, 0.3) is 10.9 Å². The topological polar surface area (TPSA) is 39.1 Å². The van der Waals surface area contributed by atoms with Crippen molar-refractivity contribution in [3.63, 3.8) is 0 Å². The van der Waals surface area contributed by atoms with Crippen LogP contribution in [0.15, 0.2) is 89.8 Å². The molecule has 0 unspecified atom stereocenters. The largest absolute Gasteiger partial charge is 0.269 e. The lowest BCUT2D eigenvalue weighted by Crippen LogP contribution is -2.14. The fraction of sp³-hybridized carbons (Fsp3) is 0.0435. The first-order chi connectivity index (χ1) is 13.1. The van der Waals surface area contributed by atoms with Crippen molar-refractivity contribution in [2.75, 3.05) is 0 Å². The molecule has 0 fully saturated rings. The molecule has 0 N–H and O–H groups in total. The van der Waals surface area contributed by atoms with Gasteiger partial charge in [-0.25, -0.2) is 12.4 Å². The Labute approximate surface area is 159 Å². The molecule has 0 aliphatic heterocycles. The summed E-state index contributed by atoms with van der Waals surface area (Å²) in [6, 6.07) is 25.6. The maximum Gasteiger partial charge on any atom is 0.269 e. The van der Waals surface area contributed by atoms with Gasteiger partial charge in [0.2, 0.25) is 0 Å². The molecule has 0 saturated heterocycles. The van der Waals surface area contributed by atoms with Crippen molar-refractivity contribution in [1.29, 1.82) is 0 Å². The predicted octanol–water partition coefficient (Wildman–Crippen LogP) is 4.59. The summed E-state index contributed by atoms with van der Waals surface area (Å²) in [6.45, 7) is 1.93. The SMILES string of the molecule is Cc1ccc(S(=O)(=O)n2c(C#Cc3ccccc3)cc3ccccc32)cc1. The number of benzene rings is 3. The summed E-state index contributed by atoms with van der Waals surface area (Å²) in [5.41, 5.74) is 2.91. The Bertz CT molecular complexity index is 1270. The van der Waals surface area contributed by atoms with Crippen LogP contribution in [-0.2, 0) is 10.0 Å². The van der Waals surface area contributed by atoms with Gasteiger partial charge in [0, 0.05) is 10.9 Å². The van der Waals surface area contributed by atoms with E-state index >= 15 is 0 Å². The Kier molecular flexibility index (Phi) is 4.31. The van der Waals surface area contributed by atoms with E-state index in [1.165, 1.54) is 3.97 Å². The first-order valence-electron chi connectivity index (χ1n) is 8.55. The Morgan fingerprint density at radius 3 is 2.19 bits per heavy atom. The van der Waals surface area contributed by atoms with Crippen molar-refractivity contribution < 1.29 is 8.42 Å². The van der Waals surface area contributed by atoms with Gasteiger partial charge in [0.15, 0.2) is 0 Å². The average molecular weight is 371 g/mol. The lowest BCUT2D eigenvalue weighted by atomic mass is 10.2. The standard InChI is InChI=1S/C23H17NO2S/c1-18-11-15-22(16-12-18)27(25,26)24-21(14-13-19-7-3-2-4-8-19)17-20-9-5-6-10-23(20)24/h2-12,15-17H,1H3. The summed E-state index contributed by atoms with van der Waals surface area (Å²) in [5.74, 6) is 6.10. The van der Waals surface area contributed by atoms with E-state index in [-0.39, 0.29) is 4.90 Å². The number of hydrogen-bond donors (Lipinski definition) is 0. The second kappa shape index (κ2) is 6.79. The van der Waals surface area contributed by atoms with Gasteiger partial charge in [-0.3, -0.25) is 0 Å². The Hall–Kier alpha value is -3.29. The molecule has 0 saturated carbocycles. The number of hydrogen-bond acceptors (Lipinski definition) is 2. The molecule has 1 aromatic heterocycles. The minimum atomic E-state index is -3.76. The van der Waals surface area contributed by atoms with E-state index in [1.54, 1.807) is 30.3 Å². The Balaban J connectivity index is 1.94. The lowest BCUT2D eigenvalue weighted by molar-refractivity contribution is 0.588. The highest BCUT2D eigenvalue weighted by Gasteiger charge is 2.22. The smallest absolute Gasteiger partial charge is 0.226 e. The maximum absolute atomic E-state index is 13.3. The van der Waals surface area contributed by atoms with Crippen LogP contribution in [0.3, 0.4) is 0 Å². The molecule has 0 amide bonds. The van der Waals surface area contributed by atoms with Gasteiger partial charge in [-0.15, -0.1) is 0 Å². The van der Waals surface area contributed by atoms with Crippen LogP contribution in [0.2, 0.25) is 0 Å². The van der Waals surface area contributed by atoms with Gasteiger partial charge in [-0.05, 0) is 49.2 Å². The molecule has 4 heteroatoms. The third-order valence-electron chi connectivity index (χ3n) is 4.33. The van der Waals surface area contributed by atoms with Gasteiger partial charge in [0.05, 0.1) is 10.4 Å². The average Bonchev–Trinajstić information content (AvgIpc) is 3.07. The van der Waals surface area contributed by atoms with Crippen molar-refractivity contribution >= 4 is 20.9 Å². The molecule has 1 heterocycles. The molecule has 0 aliphatic rings. The zero-order valence-corrected chi connectivity index (χ0v) is 15.6. The molecule has 27 heavy (non-hydrogen) atoms. The van der Waals surface area contributed by atoms with E-state index in [0.29, 0.717) is 11.2 Å². The van der Waals surface area contributed by atoms with E-state index in [0.717, 1.165) is 16.5 Å². The molecule has 0 aliphatic carbocycles. The first kappa shape index (κ1) is 17.1. The van der Waals surface area contributed by atoms with Gasteiger partial charge in [0.25, 0.3) is 10.0 Å². The summed E-state index contributed by atoms with van der Waals surface area (Å²) >= 11 is 0. The third kappa shape index (κ3) is 3.25. The zero-order valence-electron chi connectivity index (χ0n) is 14.8. The molecule has 0 atom stereocenters. The number of rotatable bonds is 2. The van der Waals surface area contributed by atoms with Gasteiger partial charge in [0.1, 0.15) is 5.69 Å². The third-order valence-corrected chi connectivity index (χ3v) is 6.08. The highest BCUT2D eigenvalue weighted by molar-refractivity contribution is 7.90. The molecule has 0 spiro atoms. The fourth-order valence-corrected chi connectivity index (χ4v) is 4.42. The van der Waals surface area contributed by atoms with Gasteiger partial charge in [-0.1, -0.05) is 60.0 Å². The van der Waals surface area contributed by atoms with Crippen LogP contribution in [0.1, 0.15) is 16.8 Å². The van der Waals surface area contributed by atoms with Crippen molar-refractivity contribution in [2.45, 2.75) is 11.8 Å². The molecule has 3 nitrogen and oxygen atoms in total. The summed E-state index contributed by atoms with van der Waals surface area (Å²) in [5, 5.41) is 0.838. The second-order valence-corrected chi connectivity index (χ2v) is 8.07. The number of nitrogens with zero attached hydrogens (tertiary/aromatic N) is 1. The molecular weight excluding hydrogens is 354 g/mol. The van der Waals surface area contributed by atoms with Crippen LogP contribution >= 0.6 is 0 Å². The van der Waals surface area contributed by atoms with Gasteiger partial charge < -0.3 is 0 Å². The molecule has 0 radical (unpaired) electrons. The van der Waals surface area contributed by atoms with Crippen LogP contribution in [-0.4, -0.2) is 12.4 Å². The number of aromatic nitrogens is 1. The van der Waals surface area contributed by atoms with Crippen LogP contribution in [0.4, 0.5) is 0 Å². The van der Waals surface area contributed by atoms with E-state index in [9.17, 15) is 8.42 Å². The number of aryl methyl sites for hydroxylation is 1. The van der Waals surface area contributed by atoms with Crippen LogP contribution < -0.4 is 0 Å². The minimum Gasteiger partial charge on any atom is -0.226 e. The maximum atomic E-state index is 13.3. The number of fused-ring (bicyclic) bond motifs is 1. The van der Waals surface area contributed by atoms with Crippen molar-refractivity contribution in [2.24, 2.45) is 0 Å². The summed E-state index contributed by atoms with van der Waals surface area (Å²) < 4.78 is 28.0. The van der Waals surface area contributed by atoms with Crippen molar-refractivity contribution in [3.05, 3.63) is 102 Å². The fourth-order valence-electron chi connectivity index (χ4n) is 2.95. The molecule has 4 rings (SSSR count).